The molecular formula is C17H15N3O2. The average Bonchev–Trinajstić information content (AvgIpc) is 2.83. The summed E-state index contributed by atoms with van der Waals surface area (Å²) in [6.07, 6.45) is 4.98. The lowest BCUT2D eigenvalue weighted by Crippen LogP contribution is -2.04. The molecular weight excluding hydrogens is 278 g/mol. The zero-order chi connectivity index (χ0) is 15.7. The zero-order valence-electron chi connectivity index (χ0n) is 12.3. The van der Waals surface area contributed by atoms with Crippen LogP contribution in [0.4, 0.5) is 0 Å². The SMILES string of the molecule is Cc1cc(C(=O)O)c(C)n1-c1ccccc1-c1cncnc1. The molecule has 0 atom stereocenters. The summed E-state index contributed by atoms with van der Waals surface area (Å²) < 4.78 is 1.95. The molecule has 5 heteroatoms. The van der Waals surface area contributed by atoms with Crippen LogP contribution in [0, 0.1) is 13.8 Å². The Morgan fingerprint density at radius 1 is 1.14 bits per heavy atom. The fourth-order valence-corrected chi connectivity index (χ4v) is 2.70. The molecule has 0 bridgehead atoms. The van der Waals surface area contributed by atoms with Crippen molar-refractivity contribution in [2.75, 3.05) is 0 Å². The Morgan fingerprint density at radius 3 is 2.45 bits per heavy atom. The molecule has 0 amide bonds. The summed E-state index contributed by atoms with van der Waals surface area (Å²) in [5.74, 6) is -0.917. The summed E-state index contributed by atoms with van der Waals surface area (Å²) in [7, 11) is 0. The lowest BCUT2D eigenvalue weighted by Gasteiger charge is -2.14. The van der Waals surface area contributed by atoms with Crippen LogP contribution in [0.25, 0.3) is 16.8 Å². The monoisotopic (exact) mass is 293 g/mol. The van der Waals surface area contributed by atoms with Gasteiger partial charge in [-0.2, -0.15) is 0 Å². The molecule has 2 aromatic heterocycles. The summed E-state index contributed by atoms with van der Waals surface area (Å²) in [6, 6.07) is 9.51. The van der Waals surface area contributed by atoms with E-state index in [1.807, 2.05) is 42.7 Å². The van der Waals surface area contributed by atoms with Crippen LogP contribution < -0.4 is 0 Å². The third-order valence-corrected chi connectivity index (χ3v) is 3.68. The number of aromatic nitrogens is 3. The van der Waals surface area contributed by atoms with E-state index >= 15 is 0 Å². The van der Waals surface area contributed by atoms with Gasteiger partial charge in [0, 0.05) is 34.9 Å². The lowest BCUT2D eigenvalue weighted by atomic mass is 10.1. The minimum Gasteiger partial charge on any atom is -0.478 e. The highest BCUT2D eigenvalue weighted by Gasteiger charge is 2.17. The van der Waals surface area contributed by atoms with Gasteiger partial charge in [-0.15, -0.1) is 0 Å². The second-order valence-corrected chi connectivity index (χ2v) is 5.07. The van der Waals surface area contributed by atoms with Crippen molar-refractivity contribution in [3.63, 3.8) is 0 Å². The molecule has 110 valence electrons. The Kier molecular flexibility index (Phi) is 3.47. The molecule has 1 aromatic carbocycles. The molecule has 0 radical (unpaired) electrons. The van der Waals surface area contributed by atoms with Crippen LogP contribution in [0.15, 0.2) is 49.1 Å². The van der Waals surface area contributed by atoms with Crippen molar-refractivity contribution in [3.05, 3.63) is 66.0 Å². The first kappa shape index (κ1) is 14.0. The Bertz CT molecular complexity index is 838. The van der Waals surface area contributed by atoms with Crippen LogP contribution in [0.5, 0.6) is 0 Å². The Labute approximate surface area is 127 Å². The molecule has 5 nitrogen and oxygen atoms in total. The molecule has 2 heterocycles. The molecule has 0 unspecified atom stereocenters. The Balaban J connectivity index is 2.25. The predicted octanol–water partition coefficient (Wildman–Crippen LogP) is 3.25. The van der Waals surface area contributed by atoms with Crippen molar-refractivity contribution in [1.82, 2.24) is 14.5 Å². The number of carboxylic acid groups (broad SMARTS) is 1. The first-order chi connectivity index (χ1) is 10.6. The van der Waals surface area contributed by atoms with Gasteiger partial charge in [-0.1, -0.05) is 18.2 Å². The van der Waals surface area contributed by atoms with Crippen LogP contribution in [0.3, 0.4) is 0 Å². The second kappa shape index (κ2) is 5.44. The quantitative estimate of drug-likeness (QED) is 0.805. The van der Waals surface area contributed by atoms with Crippen molar-refractivity contribution in [1.29, 1.82) is 0 Å². The number of hydrogen-bond donors (Lipinski definition) is 1. The summed E-state index contributed by atoms with van der Waals surface area (Å²) in [5, 5.41) is 9.30. The summed E-state index contributed by atoms with van der Waals surface area (Å²) in [6.45, 7) is 3.71. The minimum absolute atomic E-state index is 0.316. The van der Waals surface area contributed by atoms with Gasteiger partial charge in [-0.05, 0) is 26.0 Å². The highest BCUT2D eigenvalue weighted by Crippen LogP contribution is 2.29. The number of aromatic carboxylic acids is 1. The number of carbonyl (C=O) groups is 1. The average molecular weight is 293 g/mol. The van der Waals surface area contributed by atoms with Crippen molar-refractivity contribution < 1.29 is 9.90 Å². The van der Waals surface area contributed by atoms with Gasteiger partial charge in [0.25, 0.3) is 0 Å². The van der Waals surface area contributed by atoms with Crippen LogP contribution in [0.1, 0.15) is 21.7 Å². The zero-order valence-corrected chi connectivity index (χ0v) is 12.3. The molecule has 0 aliphatic carbocycles. The van der Waals surface area contributed by atoms with Gasteiger partial charge in [0.1, 0.15) is 6.33 Å². The van der Waals surface area contributed by atoms with Crippen molar-refractivity contribution in [3.8, 4) is 16.8 Å². The topological polar surface area (TPSA) is 68.0 Å². The first-order valence-corrected chi connectivity index (χ1v) is 6.86. The Morgan fingerprint density at radius 2 is 1.82 bits per heavy atom. The summed E-state index contributed by atoms with van der Waals surface area (Å²) >= 11 is 0. The van der Waals surface area contributed by atoms with E-state index in [1.54, 1.807) is 18.5 Å². The van der Waals surface area contributed by atoms with Gasteiger partial charge in [-0.3, -0.25) is 0 Å². The number of nitrogens with zero attached hydrogens (tertiary/aromatic N) is 3. The van der Waals surface area contributed by atoms with E-state index < -0.39 is 5.97 Å². The number of aryl methyl sites for hydroxylation is 1. The maximum absolute atomic E-state index is 11.3. The van der Waals surface area contributed by atoms with Crippen LogP contribution in [0.2, 0.25) is 0 Å². The normalized spacial score (nSPS) is 10.6. The molecule has 3 aromatic rings. The smallest absolute Gasteiger partial charge is 0.337 e. The molecule has 0 fully saturated rings. The number of hydrogen-bond acceptors (Lipinski definition) is 3. The second-order valence-electron chi connectivity index (χ2n) is 5.07. The number of benzene rings is 1. The third kappa shape index (κ3) is 2.26. The van der Waals surface area contributed by atoms with Crippen molar-refractivity contribution >= 4 is 5.97 Å². The van der Waals surface area contributed by atoms with Crippen LogP contribution in [-0.2, 0) is 0 Å². The van der Waals surface area contributed by atoms with E-state index in [0.29, 0.717) is 11.3 Å². The maximum Gasteiger partial charge on any atom is 0.337 e. The fourth-order valence-electron chi connectivity index (χ4n) is 2.70. The molecule has 0 aliphatic heterocycles. The summed E-state index contributed by atoms with van der Waals surface area (Å²) in [5.41, 5.74) is 4.66. The van der Waals surface area contributed by atoms with Crippen LogP contribution >= 0.6 is 0 Å². The van der Waals surface area contributed by atoms with Gasteiger partial charge < -0.3 is 9.67 Å². The molecule has 0 saturated carbocycles. The molecule has 0 aliphatic rings. The predicted molar refractivity (Wildman–Crippen MR) is 83.2 cm³/mol. The number of para-hydroxylation sites is 1. The van der Waals surface area contributed by atoms with Gasteiger partial charge in [0.05, 0.1) is 11.3 Å². The lowest BCUT2D eigenvalue weighted by molar-refractivity contribution is 0.0696. The van der Waals surface area contributed by atoms with E-state index in [2.05, 4.69) is 9.97 Å². The van der Waals surface area contributed by atoms with Gasteiger partial charge >= 0.3 is 5.97 Å². The molecule has 0 spiro atoms. The van der Waals surface area contributed by atoms with E-state index in [4.69, 9.17) is 0 Å². The van der Waals surface area contributed by atoms with E-state index in [-0.39, 0.29) is 0 Å². The Hall–Kier alpha value is -2.95. The first-order valence-electron chi connectivity index (χ1n) is 6.86. The summed E-state index contributed by atoms with van der Waals surface area (Å²) in [4.78, 5) is 19.5. The molecule has 0 saturated heterocycles. The maximum atomic E-state index is 11.3. The van der Waals surface area contributed by atoms with Gasteiger partial charge in [0.15, 0.2) is 0 Å². The van der Waals surface area contributed by atoms with E-state index in [0.717, 1.165) is 22.5 Å². The largest absolute Gasteiger partial charge is 0.478 e. The fraction of sp³-hybridized carbons (Fsp3) is 0.118. The number of rotatable bonds is 3. The highest BCUT2D eigenvalue weighted by atomic mass is 16.4. The number of carboxylic acids is 1. The van der Waals surface area contributed by atoms with Crippen molar-refractivity contribution in [2.45, 2.75) is 13.8 Å². The molecule has 3 rings (SSSR count). The highest BCUT2D eigenvalue weighted by molar-refractivity contribution is 5.90. The van der Waals surface area contributed by atoms with E-state index in [9.17, 15) is 9.90 Å². The van der Waals surface area contributed by atoms with Crippen LogP contribution in [-0.4, -0.2) is 25.6 Å². The van der Waals surface area contributed by atoms with E-state index in [1.165, 1.54) is 6.33 Å². The minimum atomic E-state index is -0.917. The third-order valence-electron chi connectivity index (χ3n) is 3.68. The standard InChI is InChI=1S/C17H15N3O2/c1-11-7-15(17(21)22)12(2)20(11)16-6-4-3-5-14(16)13-8-18-10-19-9-13/h3-10H,1-2H3,(H,21,22). The van der Waals surface area contributed by atoms with Gasteiger partial charge in [-0.25, -0.2) is 14.8 Å². The van der Waals surface area contributed by atoms with Gasteiger partial charge in [0.2, 0.25) is 0 Å². The molecule has 1 N–H and O–H groups in total. The van der Waals surface area contributed by atoms with Crippen molar-refractivity contribution in [2.24, 2.45) is 0 Å². The molecule has 22 heavy (non-hydrogen) atoms.